The number of rotatable bonds is 2. The lowest BCUT2D eigenvalue weighted by atomic mass is 10.1. The van der Waals surface area contributed by atoms with E-state index in [0.29, 0.717) is 6.73 Å². The van der Waals surface area contributed by atoms with E-state index in [0.717, 1.165) is 18.8 Å². The number of hydrogen-bond donors (Lipinski definition) is 0. The molecule has 1 heterocycles. The summed E-state index contributed by atoms with van der Waals surface area (Å²) in [4.78, 5) is 2.22. The molecule has 1 aromatic rings. The van der Waals surface area contributed by atoms with Crippen LogP contribution in [-0.4, -0.2) is 18.2 Å². The number of hydrogen-bond acceptors (Lipinski definition) is 2. The molecule has 0 amide bonds. The van der Waals surface area contributed by atoms with Gasteiger partial charge in [-0.3, -0.25) is 4.90 Å². The zero-order chi connectivity index (χ0) is 9.97. The maximum atomic E-state index is 5.65. The normalized spacial score (nSPS) is 15.8. The highest BCUT2D eigenvalue weighted by molar-refractivity contribution is 5.40. The van der Waals surface area contributed by atoms with Crippen LogP contribution in [0.25, 0.3) is 0 Å². The fourth-order valence-electron chi connectivity index (χ4n) is 1.74. The molecule has 1 aliphatic rings. The minimum atomic E-state index is 0.669. The van der Waals surface area contributed by atoms with Gasteiger partial charge in [-0.25, -0.2) is 0 Å². The number of aryl methyl sites for hydroxylation is 1. The van der Waals surface area contributed by atoms with Crippen LogP contribution >= 0.6 is 0 Å². The summed E-state index contributed by atoms with van der Waals surface area (Å²) in [5.41, 5.74) is 2.61. The highest BCUT2D eigenvalue weighted by atomic mass is 16.5. The molecule has 0 N–H and O–H groups in total. The van der Waals surface area contributed by atoms with Crippen molar-refractivity contribution in [3.05, 3.63) is 42.0 Å². The van der Waals surface area contributed by atoms with Crippen molar-refractivity contribution in [3.8, 4) is 5.75 Å². The second-order valence-electron chi connectivity index (χ2n) is 3.63. The summed E-state index contributed by atoms with van der Waals surface area (Å²) in [6, 6.07) is 6.20. The van der Waals surface area contributed by atoms with Crippen LogP contribution in [-0.2, 0) is 6.54 Å². The van der Waals surface area contributed by atoms with E-state index in [1.54, 1.807) is 0 Å². The fourth-order valence-corrected chi connectivity index (χ4v) is 1.74. The molecule has 1 aromatic carbocycles. The van der Waals surface area contributed by atoms with Gasteiger partial charge in [0.1, 0.15) is 12.5 Å². The minimum absolute atomic E-state index is 0.669. The quantitative estimate of drug-likeness (QED) is 0.662. The van der Waals surface area contributed by atoms with E-state index < -0.39 is 0 Å². The fraction of sp³-hybridized carbons (Fsp3) is 0.333. The molecule has 0 spiro atoms. The van der Waals surface area contributed by atoms with Crippen LogP contribution in [0.2, 0.25) is 0 Å². The van der Waals surface area contributed by atoms with E-state index in [1.165, 1.54) is 11.1 Å². The first-order valence-electron chi connectivity index (χ1n) is 4.86. The predicted octanol–water partition coefficient (Wildman–Crippen LogP) is 2.33. The molecular formula is C12H15NO. The lowest BCUT2D eigenvalue weighted by Crippen LogP contribution is -2.32. The van der Waals surface area contributed by atoms with Gasteiger partial charge < -0.3 is 4.74 Å². The summed E-state index contributed by atoms with van der Waals surface area (Å²) in [5, 5.41) is 0. The molecule has 2 nitrogen and oxygen atoms in total. The predicted molar refractivity (Wildman–Crippen MR) is 57.3 cm³/mol. The molecule has 2 heteroatoms. The Hall–Kier alpha value is -1.28. The van der Waals surface area contributed by atoms with Crippen LogP contribution in [0.15, 0.2) is 30.9 Å². The van der Waals surface area contributed by atoms with Crippen LogP contribution in [0.5, 0.6) is 5.75 Å². The van der Waals surface area contributed by atoms with Crippen LogP contribution in [0, 0.1) is 6.92 Å². The summed E-state index contributed by atoms with van der Waals surface area (Å²) in [5.74, 6) is 1.03. The van der Waals surface area contributed by atoms with Gasteiger partial charge in [-0.2, -0.15) is 0 Å². The van der Waals surface area contributed by atoms with E-state index in [-0.39, 0.29) is 0 Å². The van der Waals surface area contributed by atoms with Crippen molar-refractivity contribution < 1.29 is 4.74 Å². The molecule has 0 atom stereocenters. The summed E-state index contributed by atoms with van der Waals surface area (Å²) in [7, 11) is 0. The van der Waals surface area contributed by atoms with E-state index in [4.69, 9.17) is 4.74 Å². The highest BCUT2D eigenvalue weighted by Crippen LogP contribution is 2.27. The largest absolute Gasteiger partial charge is 0.478 e. The topological polar surface area (TPSA) is 12.5 Å². The third kappa shape index (κ3) is 1.66. The average molecular weight is 189 g/mol. The number of fused-ring (bicyclic) bond motifs is 1. The number of ether oxygens (including phenoxy) is 1. The molecule has 1 aliphatic heterocycles. The molecule has 74 valence electrons. The molecular weight excluding hydrogens is 174 g/mol. The van der Waals surface area contributed by atoms with Crippen molar-refractivity contribution in [2.24, 2.45) is 0 Å². The molecule has 0 saturated carbocycles. The number of benzene rings is 1. The molecule has 0 unspecified atom stereocenters. The Bertz CT molecular complexity index is 346. The van der Waals surface area contributed by atoms with Crippen molar-refractivity contribution in [2.75, 3.05) is 13.3 Å². The molecule has 0 aliphatic carbocycles. The zero-order valence-corrected chi connectivity index (χ0v) is 8.49. The first-order valence-corrected chi connectivity index (χ1v) is 4.86. The van der Waals surface area contributed by atoms with Crippen molar-refractivity contribution in [1.29, 1.82) is 0 Å². The van der Waals surface area contributed by atoms with Gasteiger partial charge in [0.15, 0.2) is 0 Å². The van der Waals surface area contributed by atoms with Gasteiger partial charge in [-0.15, -0.1) is 6.58 Å². The van der Waals surface area contributed by atoms with Crippen molar-refractivity contribution in [1.82, 2.24) is 4.90 Å². The summed E-state index contributed by atoms with van der Waals surface area (Å²) >= 11 is 0. The van der Waals surface area contributed by atoms with Crippen LogP contribution in [0.3, 0.4) is 0 Å². The smallest absolute Gasteiger partial charge is 0.142 e. The van der Waals surface area contributed by atoms with E-state index in [2.05, 4.69) is 24.5 Å². The Labute approximate surface area is 84.8 Å². The highest BCUT2D eigenvalue weighted by Gasteiger charge is 2.16. The third-order valence-corrected chi connectivity index (χ3v) is 2.54. The van der Waals surface area contributed by atoms with Crippen LogP contribution in [0.1, 0.15) is 11.1 Å². The van der Waals surface area contributed by atoms with E-state index >= 15 is 0 Å². The monoisotopic (exact) mass is 189 g/mol. The minimum Gasteiger partial charge on any atom is -0.478 e. The first-order chi connectivity index (χ1) is 6.81. The molecule has 0 saturated heterocycles. The van der Waals surface area contributed by atoms with E-state index in [9.17, 15) is 0 Å². The van der Waals surface area contributed by atoms with Gasteiger partial charge in [-0.05, 0) is 18.6 Å². The Balaban J connectivity index is 2.24. The summed E-state index contributed by atoms with van der Waals surface area (Å²) in [6.07, 6.45) is 1.91. The maximum Gasteiger partial charge on any atom is 0.142 e. The van der Waals surface area contributed by atoms with Gasteiger partial charge in [0.25, 0.3) is 0 Å². The molecule has 0 bridgehead atoms. The third-order valence-electron chi connectivity index (χ3n) is 2.54. The Morgan fingerprint density at radius 1 is 1.57 bits per heavy atom. The molecule has 0 radical (unpaired) electrons. The van der Waals surface area contributed by atoms with Crippen molar-refractivity contribution >= 4 is 0 Å². The molecule has 2 rings (SSSR count). The zero-order valence-electron chi connectivity index (χ0n) is 8.49. The van der Waals surface area contributed by atoms with Crippen molar-refractivity contribution in [2.45, 2.75) is 13.5 Å². The first kappa shape index (κ1) is 9.28. The molecule has 14 heavy (non-hydrogen) atoms. The second kappa shape index (κ2) is 3.84. The Morgan fingerprint density at radius 2 is 2.43 bits per heavy atom. The van der Waals surface area contributed by atoms with Gasteiger partial charge in [0.05, 0.1) is 0 Å². The van der Waals surface area contributed by atoms with Gasteiger partial charge in [0, 0.05) is 18.7 Å². The van der Waals surface area contributed by atoms with E-state index in [1.807, 2.05) is 18.2 Å². The lowest BCUT2D eigenvalue weighted by Gasteiger charge is -2.28. The maximum absolute atomic E-state index is 5.65. The lowest BCUT2D eigenvalue weighted by molar-refractivity contribution is 0.107. The van der Waals surface area contributed by atoms with Crippen LogP contribution in [0.4, 0.5) is 0 Å². The van der Waals surface area contributed by atoms with Crippen molar-refractivity contribution in [3.63, 3.8) is 0 Å². The van der Waals surface area contributed by atoms with Gasteiger partial charge in [0.2, 0.25) is 0 Å². The van der Waals surface area contributed by atoms with Gasteiger partial charge >= 0.3 is 0 Å². The molecule has 0 fully saturated rings. The standard InChI is InChI=1S/C12H15NO/c1-3-7-13-8-11-10(2)5-4-6-12(11)14-9-13/h3-6H,1,7-9H2,2H3. The molecule has 0 aromatic heterocycles. The van der Waals surface area contributed by atoms with Crippen LogP contribution < -0.4 is 4.74 Å². The second-order valence-corrected chi connectivity index (χ2v) is 3.63. The Morgan fingerprint density at radius 3 is 3.21 bits per heavy atom. The Kier molecular flexibility index (Phi) is 2.55. The summed E-state index contributed by atoms with van der Waals surface area (Å²) < 4.78 is 5.65. The average Bonchev–Trinajstić information content (AvgIpc) is 2.20. The summed E-state index contributed by atoms with van der Waals surface area (Å²) in [6.45, 7) is 8.38. The van der Waals surface area contributed by atoms with Gasteiger partial charge in [-0.1, -0.05) is 18.2 Å². The number of nitrogens with zero attached hydrogens (tertiary/aromatic N) is 1. The SMILES string of the molecule is C=CCN1COc2cccc(C)c2C1.